The molecule has 1 heterocycles. The molecule has 2 N–H and O–H groups in total. The van der Waals surface area contributed by atoms with Crippen molar-refractivity contribution in [3.8, 4) is 11.5 Å². The van der Waals surface area contributed by atoms with Crippen molar-refractivity contribution in [3.05, 3.63) is 23.8 Å². The van der Waals surface area contributed by atoms with Gasteiger partial charge in [0.15, 0.2) is 17.5 Å². The number of benzene rings is 1. The minimum Gasteiger partial charge on any atom is -0.493 e. The molecule has 0 aliphatic carbocycles. The minimum atomic E-state index is 0.171. The summed E-state index contributed by atoms with van der Waals surface area (Å²) in [5, 5.41) is 6.95. The largest absolute Gasteiger partial charge is 0.493 e. The van der Waals surface area contributed by atoms with Gasteiger partial charge in [0.1, 0.15) is 0 Å². The Hall–Kier alpha value is -2.03. The predicted molar refractivity (Wildman–Crippen MR) is 126 cm³/mol. The van der Waals surface area contributed by atoms with E-state index in [1.807, 2.05) is 13.1 Å². The second-order valence-electron chi connectivity index (χ2n) is 7.90. The first kappa shape index (κ1) is 25.2. The first-order valence-corrected chi connectivity index (χ1v) is 11.2. The zero-order valence-electron chi connectivity index (χ0n) is 20.1. The van der Waals surface area contributed by atoms with Crippen LogP contribution in [-0.2, 0) is 4.74 Å². The molecule has 0 aromatic heterocycles. The van der Waals surface area contributed by atoms with E-state index in [4.69, 9.17) is 14.2 Å². The minimum absolute atomic E-state index is 0.171. The first-order chi connectivity index (χ1) is 15.0. The molecule has 2 atom stereocenters. The van der Waals surface area contributed by atoms with Gasteiger partial charge in [-0.15, -0.1) is 0 Å². The van der Waals surface area contributed by atoms with Gasteiger partial charge in [0, 0.05) is 45.8 Å². The summed E-state index contributed by atoms with van der Waals surface area (Å²) in [6.45, 7) is 10.3. The van der Waals surface area contributed by atoms with Crippen LogP contribution in [0, 0.1) is 0 Å². The maximum absolute atomic E-state index is 5.57. The van der Waals surface area contributed by atoms with Crippen molar-refractivity contribution in [2.45, 2.75) is 32.4 Å². The Bertz CT molecular complexity index is 679. The molecule has 2 unspecified atom stereocenters. The normalized spacial score (nSPS) is 17.3. The molecule has 176 valence electrons. The van der Waals surface area contributed by atoms with Crippen LogP contribution in [-0.4, -0.2) is 96.1 Å². The van der Waals surface area contributed by atoms with E-state index in [9.17, 15) is 0 Å². The number of ether oxygens (including phenoxy) is 3. The van der Waals surface area contributed by atoms with E-state index in [1.165, 1.54) is 5.56 Å². The zero-order chi connectivity index (χ0) is 22.6. The van der Waals surface area contributed by atoms with Crippen molar-refractivity contribution in [1.29, 1.82) is 0 Å². The highest BCUT2D eigenvalue weighted by molar-refractivity contribution is 5.79. The van der Waals surface area contributed by atoms with Gasteiger partial charge >= 0.3 is 0 Å². The van der Waals surface area contributed by atoms with E-state index in [1.54, 1.807) is 14.2 Å². The average Bonchev–Trinajstić information content (AvgIpc) is 2.82. The SMILES string of the molecule is CCC(C)N(C)CCNC(=NC)NCC(c1ccc(OC)c(OC)c1)N1CCOCC1. The Morgan fingerprint density at radius 1 is 1.19 bits per heavy atom. The molecule has 0 radical (unpaired) electrons. The van der Waals surface area contributed by atoms with Crippen molar-refractivity contribution in [3.63, 3.8) is 0 Å². The number of nitrogens with one attached hydrogen (secondary N) is 2. The third kappa shape index (κ3) is 7.55. The van der Waals surface area contributed by atoms with Crippen LogP contribution in [0.2, 0.25) is 0 Å². The maximum Gasteiger partial charge on any atom is 0.191 e. The Labute approximate surface area is 187 Å². The number of hydrogen-bond donors (Lipinski definition) is 2. The van der Waals surface area contributed by atoms with Crippen molar-refractivity contribution in [2.24, 2.45) is 4.99 Å². The molecule has 1 aromatic rings. The van der Waals surface area contributed by atoms with Crippen LogP contribution in [0.5, 0.6) is 11.5 Å². The van der Waals surface area contributed by atoms with Crippen LogP contribution in [0.25, 0.3) is 0 Å². The lowest BCUT2D eigenvalue weighted by molar-refractivity contribution is 0.0169. The summed E-state index contributed by atoms with van der Waals surface area (Å²) in [5.74, 6) is 2.30. The van der Waals surface area contributed by atoms with Gasteiger partial charge in [-0.3, -0.25) is 9.89 Å². The van der Waals surface area contributed by atoms with Gasteiger partial charge in [-0.25, -0.2) is 0 Å². The van der Waals surface area contributed by atoms with Gasteiger partial charge in [-0.2, -0.15) is 0 Å². The number of likely N-dealkylation sites (N-methyl/N-ethyl adjacent to an activating group) is 1. The van der Waals surface area contributed by atoms with Crippen LogP contribution in [0.3, 0.4) is 0 Å². The zero-order valence-corrected chi connectivity index (χ0v) is 20.1. The van der Waals surface area contributed by atoms with Crippen LogP contribution < -0.4 is 20.1 Å². The summed E-state index contributed by atoms with van der Waals surface area (Å²) in [5.41, 5.74) is 1.18. The van der Waals surface area contributed by atoms with Gasteiger partial charge in [0.25, 0.3) is 0 Å². The molecule has 0 bridgehead atoms. The number of nitrogens with zero attached hydrogens (tertiary/aromatic N) is 3. The molecule has 8 nitrogen and oxygen atoms in total. The summed E-state index contributed by atoms with van der Waals surface area (Å²) in [7, 11) is 7.31. The smallest absolute Gasteiger partial charge is 0.191 e. The van der Waals surface area contributed by atoms with Crippen LogP contribution in [0.4, 0.5) is 0 Å². The molecule has 1 aromatic carbocycles. The van der Waals surface area contributed by atoms with Gasteiger partial charge in [0.05, 0.1) is 33.5 Å². The highest BCUT2D eigenvalue weighted by atomic mass is 16.5. The van der Waals surface area contributed by atoms with E-state index in [0.29, 0.717) is 6.04 Å². The second kappa shape index (κ2) is 13.4. The Balaban J connectivity index is 2.04. The lowest BCUT2D eigenvalue weighted by Crippen LogP contribution is -2.47. The third-order valence-electron chi connectivity index (χ3n) is 6.07. The van der Waals surface area contributed by atoms with Gasteiger partial charge in [-0.05, 0) is 38.1 Å². The standard InChI is InChI=1S/C23H41N5O3/c1-7-18(2)27(4)11-10-25-23(24-3)26-17-20(28-12-14-31-15-13-28)19-8-9-21(29-5)22(16-19)30-6/h8-9,16,18,20H,7,10-15,17H2,1-6H3,(H2,24,25,26). The lowest BCUT2D eigenvalue weighted by Gasteiger charge is -2.35. The Kier molecular flexibility index (Phi) is 10.9. The van der Waals surface area contributed by atoms with Crippen molar-refractivity contribution in [2.75, 3.05) is 74.3 Å². The molecule has 0 spiro atoms. The van der Waals surface area contributed by atoms with E-state index in [0.717, 1.165) is 69.8 Å². The molecule has 8 heteroatoms. The summed E-state index contributed by atoms with van der Waals surface area (Å²) >= 11 is 0. The maximum atomic E-state index is 5.57. The monoisotopic (exact) mass is 435 g/mol. The number of rotatable bonds is 11. The number of aliphatic imine (C=N–C) groups is 1. The number of methoxy groups -OCH3 is 2. The topological polar surface area (TPSA) is 70.6 Å². The fourth-order valence-corrected chi connectivity index (χ4v) is 3.70. The van der Waals surface area contributed by atoms with Gasteiger partial charge in [0.2, 0.25) is 0 Å². The summed E-state index contributed by atoms with van der Waals surface area (Å²) in [6, 6.07) is 6.90. The second-order valence-corrected chi connectivity index (χ2v) is 7.90. The third-order valence-corrected chi connectivity index (χ3v) is 6.07. The van der Waals surface area contributed by atoms with Gasteiger partial charge < -0.3 is 29.7 Å². The van der Waals surface area contributed by atoms with Crippen LogP contribution >= 0.6 is 0 Å². The molecule has 31 heavy (non-hydrogen) atoms. The number of guanidine groups is 1. The molecule has 1 aliphatic rings. The first-order valence-electron chi connectivity index (χ1n) is 11.2. The molecule has 1 saturated heterocycles. The average molecular weight is 436 g/mol. The number of hydrogen-bond acceptors (Lipinski definition) is 6. The predicted octanol–water partition coefficient (Wildman–Crippen LogP) is 1.97. The van der Waals surface area contributed by atoms with E-state index in [2.05, 4.69) is 58.5 Å². The van der Waals surface area contributed by atoms with Crippen LogP contribution in [0.15, 0.2) is 23.2 Å². The molecular weight excluding hydrogens is 394 g/mol. The van der Waals surface area contributed by atoms with E-state index in [-0.39, 0.29) is 6.04 Å². The summed E-state index contributed by atoms with van der Waals surface area (Å²) in [6.07, 6.45) is 1.15. The Morgan fingerprint density at radius 2 is 1.90 bits per heavy atom. The van der Waals surface area contributed by atoms with Crippen molar-refractivity contribution >= 4 is 5.96 Å². The fourth-order valence-electron chi connectivity index (χ4n) is 3.70. The molecule has 2 rings (SSSR count). The Morgan fingerprint density at radius 3 is 2.52 bits per heavy atom. The molecule has 1 aliphatic heterocycles. The van der Waals surface area contributed by atoms with E-state index < -0.39 is 0 Å². The highest BCUT2D eigenvalue weighted by Gasteiger charge is 2.24. The fraction of sp³-hybridized carbons (Fsp3) is 0.696. The molecule has 0 saturated carbocycles. The summed E-state index contributed by atoms with van der Waals surface area (Å²) in [4.78, 5) is 9.22. The number of morpholine rings is 1. The molecular formula is C23H41N5O3. The van der Waals surface area contributed by atoms with Gasteiger partial charge in [-0.1, -0.05) is 13.0 Å². The molecule has 1 fully saturated rings. The van der Waals surface area contributed by atoms with Crippen molar-refractivity contribution < 1.29 is 14.2 Å². The highest BCUT2D eigenvalue weighted by Crippen LogP contribution is 2.32. The van der Waals surface area contributed by atoms with E-state index >= 15 is 0 Å². The van der Waals surface area contributed by atoms with Crippen LogP contribution in [0.1, 0.15) is 31.9 Å². The lowest BCUT2D eigenvalue weighted by atomic mass is 10.0. The molecule has 0 amide bonds. The summed E-state index contributed by atoms with van der Waals surface area (Å²) < 4.78 is 16.5. The van der Waals surface area contributed by atoms with Crippen molar-refractivity contribution in [1.82, 2.24) is 20.4 Å². The quantitative estimate of drug-likeness (QED) is 0.407.